The van der Waals surface area contributed by atoms with Gasteiger partial charge in [0, 0.05) is 12.0 Å². The third kappa shape index (κ3) is 4.29. The molecule has 0 N–H and O–H groups in total. The Balaban J connectivity index is 1.43. The van der Waals surface area contributed by atoms with E-state index in [0.717, 1.165) is 24.3 Å². The van der Waals surface area contributed by atoms with Crippen LogP contribution in [0.15, 0.2) is 42.5 Å². The Bertz CT molecular complexity index is 937. The van der Waals surface area contributed by atoms with E-state index in [2.05, 4.69) is 18.9 Å². The first-order valence-electron chi connectivity index (χ1n) is 10.5. The van der Waals surface area contributed by atoms with Crippen molar-refractivity contribution in [3.8, 4) is 17.7 Å². The second kappa shape index (κ2) is 8.69. The molecule has 0 unspecified atom stereocenters. The number of halogens is 1. The summed E-state index contributed by atoms with van der Waals surface area (Å²) in [6, 6.07) is 16.0. The Kier molecular flexibility index (Phi) is 5.85. The number of rotatable bonds is 4. The zero-order valence-corrected chi connectivity index (χ0v) is 16.8. The molecule has 1 saturated carbocycles. The van der Waals surface area contributed by atoms with Crippen LogP contribution in [0, 0.1) is 29.6 Å². The fourth-order valence-electron chi connectivity index (χ4n) is 4.16. The Hall–Kier alpha value is -2.80. The average Bonchev–Trinajstić information content (AvgIpc) is 3.09. The highest BCUT2D eigenvalue weighted by Gasteiger charge is 2.32. The van der Waals surface area contributed by atoms with Crippen molar-refractivity contribution in [1.29, 1.82) is 0 Å². The van der Waals surface area contributed by atoms with Gasteiger partial charge in [0.2, 0.25) is 0 Å². The molecule has 0 spiro atoms. The van der Waals surface area contributed by atoms with Crippen LogP contribution >= 0.6 is 0 Å². The second-order valence-corrected chi connectivity index (χ2v) is 7.96. The molecule has 2 aliphatic rings. The summed E-state index contributed by atoms with van der Waals surface area (Å²) in [4.78, 5) is 14.2. The zero-order chi connectivity index (χ0) is 20.2. The molecule has 2 aromatic rings. The highest BCUT2D eigenvalue weighted by atomic mass is 19.1. The van der Waals surface area contributed by atoms with E-state index in [4.69, 9.17) is 4.74 Å². The fourth-order valence-corrected chi connectivity index (χ4v) is 4.16. The first kappa shape index (κ1) is 19.5. The van der Waals surface area contributed by atoms with Crippen molar-refractivity contribution in [2.75, 3.05) is 0 Å². The largest absolute Gasteiger partial charge is 0.486 e. The SMILES string of the molecule is CCC1CCC(C#CN2Cc3ccc(OCc4ccccc4)c(F)c3C2=O)CC1. The molecule has 0 radical (unpaired) electrons. The monoisotopic (exact) mass is 391 g/mol. The third-order valence-electron chi connectivity index (χ3n) is 6.05. The number of benzene rings is 2. The molecule has 150 valence electrons. The van der Waals surface area contributed by atoms with Crippen LogP contribution in [0.25, 0.3) is 0 Å². The molecule has 1 aliphatic carbocycles. The van der Waals surface area contributed by atoms with Crippen LogP contribution in [0.4, 0.5) is 4.39 Å². The lowest BCUT2D eigenvalue weighted by Gasteiger charge is -2.24. The van der Waals surface area contributed by atoms with Crippen LogP contribution in [0.3, 0.4) is 0 Å². The first-order chi connectivity index (χ1) is 14.2. The number of fused-ring (bicyclic) bond motifs is 1. The minimum absolute atomic E-state index is 0.0968. The van der Waals surface area contributed by atoms with Crippen molar-refractivity contribution in [3.63, 3.8) is 0 Å². The minimum atomic E-state index is -0.587. The summed E-state index contributed by atoms with van der Waals surface area (Å²) in [7, 11) is 0. The van der Waals surface area contributed by atoms with Crippen LogP contribution in [0.2, 0.25) is 0 Å². The number of nitrogens with zero attached hydrogens (tertiary/aromatic N) is 1. The van der Waals surface area contributed by atoms with Crippen LogP contribution in [0.5, 0.6) is 5.75 Å². The van der Waals surface area contributed by atoms with Gasteiger partial charge in [-0.25, -0.2) is 4.39 Å². The molecular formula is C25H26FNO2. The van der Waals surface area contributed by atoms with Crippen LogP contribution < -0.4 is 4.74 Å². The molecular weight excluding hydrogens is 365 g/mol. The maximum atomic E-state index is 15.0. The third-order valence-corrected chi connectivity index (χ3v) is 6.05. The van der Waals surface area contributed by atoms with E-state index in [-0.39, 0.29) is 23.8 Å². The van der Waals surface area contributed by atoms with Crippen LogP contribution in [-0.2, 0) is 13.2 Å². The highest BCUT2D eigenvalue weighted by Crippen LogP contribution is 2.32. The molecule has 1 heterocycles. The van der Waals surface area contributed by atoms with Gasteiger partial charge in [0.15, 0.2) is 11.6 Å². The smallest absolute Gasteiger partial charge is 0.269 e. The minimum Gasteiger partial charge on any atom is -0.486 e. The second-order valence-electron chi connectivity index (χ2n) is 7.96. The van der Waals surface area contributed by atoms with Gasteiger partial charge >= 0.3 is 0 Å². The summed E-state index contributed by atoms with van der Waals surface area (Å²) in [6.07, 6.45) is 5.83. The van der Waals surface area contributed by atoms with E-state index in [9.17, 15) is 9.18 Å². The van der Waals surface area contributed by atoms with E-state index in [0.29, 0.717) is 18.0 Å². The lowest BCUT2D eigenvalue weighted by atomic mass is 9.81. The number of amides is 1. The normalized spacial score (nSPS) is 20.8. The van der Waals surface area contributed by atoms with Crippen LogP contribution in [-0.4, -0.2) is 10.8 Å². The molecule has 4 heteroatoms. The molecule has 3 nitrogen and oxygen atoms in total. The average molecular weight is 391 g/mol. The lowest BCUT2D eigenvalue weighted by Crippen LogP contribution is -2.19. The summed E-state index contributed by atoms with van der Waals surface area (Å²) in [5.74, 6) is 3.56. The Morgan fingerprint density at radius 2 is 1.86 bits per heavy atom. The number of ether oxygens (including phenoxy) is 1. The van der Waals surface area contributed by atoms with E-state index in [1.54, 1.807) is 12.1 Å². The molecule has 1 amide bonds. The predicted octanol–water partition coefficient (Wildman–Crippen LogP) is 5.54. The van der Waals surface area contributed by atoms with Gasteiger partial charge < -0.3 is 4.74 Å². The van der Waals surface area contributed by atoms with E-state index in [1.165, 1.54) is 24.2 Å². The summed E-state index contributed by atoms with van der Waals surface area (Å²) >= 11 is 0. The molecule has 1 aliphatic heterocycles. The van der Waals surface area contributed by atoms with Crippen molar-refractivity contribution in [3.05, 3.63) is 65.0 Å². The van der Waals surface area contributed by atoms with Crippen molar-refractivity contribution < 1.29 is 13.9 Å². The quantitative estimate of drug-likeness (QED) is 0.641. The summed E-state index contributed by atoms with van der Waals surface area (Å²) in [6.45, 7) is 2.83. The molecule has 29 heavy (non-hydrogen) atoms. The first-order valence-corrected chi connectivity index (χ1v) is 10.5. The van der Waals surface area contributed by atoms with Crippen molar-refractivity contribution in [2.24, 2.45) is 11.8 Å². The van der Waals surface area contributed by atoms with Crippen molar-refractivity contribution >= 4 is 5.91 Å². The Labute approximate surface area is 171 Å². The standard InChI is InChI=1S/C25H26FNO2/c1-2-18-8-10-19(11-9-18)14-15-27-16-21-12-13-22(24(26)23(21)25(27)28)29-17-20-6-4-3-5-7-20/h3-7,12-13,18-19H,2,8-11,16-17H2,1H3. The maximum absolute atomic E-state index is 15.0. The van der Waals surface area contributed by atoms with Gasteiger partial charge in [-0.05, 0) is 48.8 Å². The molecule has 4 rings (SSSR count). The Morgan fingerprint density at radius 3 is 2.59 bits per heavy atom. The van der Waals surface area contributed by atoms with E-state index >= 15 is 0 Å². The number of carbonyl (C=O) groups excluding carboxylic acids is 1. The zero-order valence-electron chi connectivity index (χ0n) is 16.8. The fraction of sp³-hybridized carbons (Fsp3) is 0.400. The van der Waals surface area contributed by atoms with Gasteiger partial charge in [0.05, 0.1) is 12.1 Å². The van der Waals surface area contributed by atoms with Crippen molar-refractivity contribution in [2.45, 2.75) is 52.2 Å². The topological polar surface area (TPSA) is 29.5 Å². The van der Waals surface area contributed by atoms with Gasteiger partial charge in [-0.1, -0.05) is 55.7 Å². The van der Waals surface area contributed by atoms with Crippen LogP contribution in [0.1, 0.15) is 60.5 Å². The van der Waals surface area contributed by atoms with Gasteiger partial charge in [0.25, 0.3) is 5.91 Å². The maximum Gasteiger partial charge on any atom is 0.269 e. The van der Waals surface area contributed by atoms with Crippen molar-refractivity contribution in [1.82, 2.24) is 4.90 Å². The molecule has 0 bridgehead atoms. The number of hydrogen-bond donors (Lipinski definition) is 0. The number of hydrogen-bond acceptors (Lipinski definition) is 2. The molecule has 0 atom stereocenters. The summed E-state index contributed by atoms with van der Waals surface area (Å²) in [5, 5.41) is 0. The van der Waals surface area contributed by atoms with Gasteiger partial charge in [0.1, 0.15) is 6.61 Å². The number of carbonyl (C=O) groups is 1. The summed E-state index contributed by atoms with van der Waals surface area (Å²) < 4.78 is 20.6. The van der Waals surface area contributed by atoms with Gasteiger partial charge in [-0.15, -0.1) is 0 Å². The van der Waals surface area contributed by atoms with E-state index < -0.39 is 5.82 Å². The highest BCUT2D eigenvalue weighted by molar-refractivity contribution is 6.00. The molecule has 0 saturated heterocycles. The Morgan fingerprint density at radius 1 is 1.10 bits per heavy atom. The molecule has 0 aromatic heterocycles. The van der Waals surface area contributed by atoms with E-state index in [1.807, 2.05) is 30.3 Å². The van der Waals surface area contributed by atoms with Gasteiger partial charge in [-0.2, -0.15) is 0 Å². The van der Waals surface area contributed by atoms with Gasteiger partial charge in [-0.3, -0.25) is 9.69 Å². The molecule has 1 fully saturated rings. The summed E-state index contributed by atoms with van der Waals surface area (Å²) in [5.41, 5.74) is 1.71. The predicted molar refractivity (Wildman–Crippen MR) is 111 cm³/mol. The molecule has 2 aromatic carbocycles. The lowest BCUT2D eigenvalue weighted by molar-refractivity contribution is 0.0849.